The van der Waals surface area contributed by atoms with E-state index in [9.17, 15) is 4.79 Å². The molecule has 2 aliphatic rings. The summed E-state index contributed by atoms with van der Waals surface area (Å²) in [4.78, 5) is 15.4. The molecule has 5 nitrogen and oxygen atoms in total. The van der Waals surface area contributed by atoms with E-state index in [0.29, 0.717) is 17.1 Å². The molecule has 6 rings (SSSR count). The summed E-state index contributed by atoms with van der Waals surface area (Å²) < 4.78 is 18.1. The minimum atomic E-state index is -0.907. The van der Waals surface area contributed by atoms with Crippen molar-refractivity contribution in [2.45, 2.75) is 11.8 Å². The molecule has 0 unspecified atom stereocenters. The molecule has 0 aromatic heterocycles. The van der Waals surface area contributed by atoms with Gasteiger partial charge in [0.15, 0.2) is 17.7 Å². The zero-order valence-corrected chi connectivity index (χ0v) is 18.9. The molecular weight excluding hydrogens is 426 g/mol. The molecule has 4 aromatic rings. The normalized spacial score (nSPS) is 17.5. The first-order valence-corrected chi connectivity index (χ1v) is 11.2. The molecule has 0 aliphatic carbocycles. The number of hydrogen-bond acceptors (Lipinski definition) is 4. The first-order chi connectivity index (χ1) is 16.7. The lowest BCUT2D eigenvalue weighted by atomic mass is 9.78. The predicted molar refractivity (Wildman–Crippen MR) is 129 cm³/mol. The molecule has 0 spiro atoms. The van der Waals surface area contributed by atoms with E-state index in [1.165, 1.54) is 0 Å². The second-order valence-electron chi connectivity index (χ2n) is 8.37. The van der Waals surface area contributed by atoms with Gasteiger partial charge in [-0.25, -0.2) is 0 Å². The lowest BCUT2D eigenvalue weighted by molar-refractivity contribution is -0.0540. The molecule has 0 radical (unpaired) electrons. The van der Waals surface area contributed by atoms with Crippen LogP contribution in [0.4, 0.5) is 5.69 Å². The fourth-order valence-electron chi connectivity index (χ4n) is 5.18. The highest BCUT2D eigenvalue weighted by Crippen LogP contribution is 2.56. The van der Waals surface area contributed by atoms with Gasteiger partial charge in [0, 0.05) is 11.1 Å². The maximum atomic E-state index is 13.7. The van der Waals surface area contributed by atoms with Gasteiger partial charge in [-0.1, -0.05) is 78.9 Å². The number of amides is 1. The van der Waals surface area contributed by atoms with Crippen LogP contribution in [0.25, 0.3) is 0 Å². The van der Waals surface area contributed by atoms with Crippen molar-refractivity contribution in [2.75, 3.05) is 19.1 Å². The monoisotopic (exact) mass is 449 g/mol. The third-order valence-corrected chi connectivity index (χ3v) is 6.70. The summed E-state index contributed by atoms with van der Waals surface area (Å²) in [5.41, 5.74) is 4.14. The van der Waals surface area contributed by atoms with Gasteiger partial charge in [-0.2, -0.15) is 0 Å². The van der Waals surface area contributed by atoms with Crippen LogP contribution in [0.15, 0.2) is 97.1 Å². The summed E-state index contributed by atoms with van der Waals surface area (Å²) in [5, 5.41) is 0. The van der Waals surface area contributed by atoms with Crippen molar-refractivity contribution in [3.05, 3.63) is 125 Å². The third-order valence-electron chi connectivity index (χ3n) is 6.70. The minimum absolute atomic E-state index is 0.122. The average molecular weight is 450 g/mol. The van der Waals surface area contributed by atoms with Gasteiger partial charge >= 0.3 is 0 Å². The molecule has 0 saturated heterocycles. The molecule has 34 heavy (non-hydrogen) atoms. The van der Waals surface area contributed by atoms with Gasteiger partial charge in [-0.05, 0) is 29.3 Å². The SMILES string of the molecule is COc1cc2c(cc1OC)[C@@H]1OC(c3ccccc3)(c3ccccc3)c3ccccc3N1C2=O. The highest BCUT2D eigenvalue weighted by atomic mass is 16.5. The highest BCUT2D eigenvalue weighted by molar-refractivity contribution is 6.12. The Kier molecular flexibility index (Phi) is 4.67. The Hall–Kier alpha value is -4.09. The number of fused-ring (bicyclic) bond motifs is 5. The Morgan fingerprint density at radius 2 is 1.32 bits per heavy atom. The third kappa shape index (κ3) is 2.74. The number of carbonyl (C=O) groups excluding carboxylic acids is 1. The number of nitrogens with zero attached hydrogens (tertiary/aromatic N) is 1. The molecule has 5 heteroatoms. The smallest absolute Gasteiger partial charge is 0.261 e. The maximum Gasteiger partial charge on any atom is 0.261 e. The number of rotatable bonds is 4. The number of carbonyl (C=O) groups is 1. The molecule has 2 aliphatic heterocycles. The Bertz CT molecular complexity index is 1340. The number of hydrogen-bond donors (Lipinski definition) is 0. The number of methoxy groups -OCH3 is 2. The lowest BCUT2D eigenvalue weighted by Crippen LogP contribution is -2.45. The van der Waals surface area contributed by atoms with E-state index in [1.54, 1.807) is 25.2 Å². The van der Waals surface area contributed by atoms with Crippen molar-refractivity contribution in [3.63, 3.8) is 0 Å². The van der Waals surface area contributed by atoms with Crippen LogP contribution in [-0.4, -0.2) is 20.1 Å². The first kappa shape index (κ1) is 20.5. The Morgan fingerprint density at radius 3 is 1.94 bits per heavy atom. The van der Waals surface area contributed by atoms with Gasteiger partial charge < -0.3 is 14.2 Å². The molecule has 0 saturated carbocycles. The molecule has 4 aromatic carbocycles. The molecule has 0 N–H and O–H groups in total. The largest absolute Gasteiger partial charge is 0.493 e. The van der Waals surface area contributed by atoms with Crippen LogP contribution in [0.3, 0.4) is 0 Å². The summed E-state index contributed by atoms with van der Waals surface area (Å²) in [6.07, 6.45) is -0.627. The van der Waals surface area contributed by atoms with Gasteiger partial charge in [0.05, 0.1) is 25.5 Å². The molecule has 0 fully saturated rings. The molecule has 168 valence electrons. The standard InChI is InChI=1S/C29H23NO4/c1-32-25-17-21-22(18-26(25)33-2)28-30(27(21)31)24-16-10-9-15-23(24)29(34-28,19-11-5-3-6-12-19)20-13-7-4-8-14-20/h3-18,28H,1-2H3/t28-/m0/s1. The molecule has 1 amide bonds. The van der Waals surface area contributed by atoms with Crippen LogP contribution in [0.1, 0.15) is 38.8 Å². The van der Waals surface area contributed by atoms with Crippen molar-refractivity contribution in [3.8, 4) is 11.5 Å². The number of anilines is 1. The van der Waals surface area contributed by atoms with Crippen LogP contribution >= 0.6 is 0 Å². The van der Waals surface area contributed by atoms with E-state index in [-0.39, 0.29) is 5.91 Å². The highest BCUT2D eigenvalue weighted by Gasteiger charge is 2.53. The topological polar surface area (TPSA) is 48.0 Å². The summed E-state index contributed by atoms with van der Waals surface area (Å²) in [6, 6.07) is 31.9. The van der Waals surface area contributed by atoms with Gasteiger partial charge in [0.2, 0.25) is 0 Å². The summed E-state index contributed by atoms with van der Waals surface area (Å²) >= 11 is 0. The number of para-hydroxylation sites is 1. The summed E-state index contributed by atoms with van der Waals surface area (Å²) in [7, 11) is 3.16. The second-order valence-corrected chi connectivity index (χ2v) is 8.37. The summed E-state index contributed by atoms with van der Waals surface area (Å²) in [5.74, 6) is 0.951. The van der Waals surface area contributed by atoms with E-state index in [1.807, 2.05) is 66.7 Å². The van der Waals surface area contributed by atoms with Crippen LogP contribution < -0.4 is 14.4 Å². The Morgan fingerprint density at radius 1 is 0.765 bits per heavy atom. The van der Waals surface area contributed by atoms with E-state index < -0.39 is 11.8 Å². The van der Waals surface area contributed by atoms with Crippen molar-refractivity contribution >= 4 is 11.6 Å². The predicted octanol–water partition coefficient (Wildman–Crippen LogP) is 5.68. The van der Waals surface area contributed by atoms with E-state index in [2.05, 4.69) is 24.3 Å². The fourth-order valence-corrected chi connectivity index (χ4v) is 5.18. The number of ether oxygens (including phenoxy) is 3. The lowest BCUT2D eigenvalue weighted by Gasteiger charge is -2.46. The fraction of sp³-hybridized carbons (Fsp3) is 0.138. The van der Waals surface area contributed by atoms with E-state index >= 15 is 0 Å². The Labute approximate surface area is 198 Å². The van der Waals surface area contributed by atoms with Crippen LogP contribution in [-0.2, 0) is 10.3 Å². The van der Waals surface area contributed by atoms with Crippen LogP contribution in [0.2, 0.25) is 0 Å². The number of benzene rings is 4. The molecule has 1 atom stereocenters. The van der Waals surface area contributed by atoms with Gasteiger partial charge in [-0.3, -0.25) is 9.69 Å². The molecule has 0 bridgehead atoms. The second kappa shape index (κ2) is 7.75. The maximum absolute atomic E-state index is 13.7. The van der Waals surface area contributed by atoms with Gasteiger partial charge in [0.1, 0.15) is 5.60 Å². The molecular formula is C29H23NO4. The van der Waals surface area contributed by atoms with Crippen LogP contribution in [0, 0.1) is 0 Å². The van der Waals surface area contributed by atoms with Gasteiger partial charge in [-0.15, -0.1) is 0 Å². The zero-order chi connectivity index (χ0) is 23.3. The van der Waals surface area contributed by atoms with Crippen molar-refractivity contribution in [1.29, 1.82) is 0 Å². The van der Waals surface area contributed by atoms with E-state index in [0.717, 1.165) is 27.9 Å². The van der Waals surface area contributed by atoms with Crippen molar-refractivity contribution in [2.24, 2.45) is 0 Å². The minimum Gasteiger partial charge on any atom is -0.493 e. The van der Waals surface area contributed by atoms with Gasteiger partial charge in [0.25, 0.3) is 5.91 Å². The van der Waals surface area contributed by atoms with E-state index in [4.69, 9.17) is 14.2 Å². The zero-order valence-electron chi connectivity index (χ0n) is 18.9. The summed E-state index contributed by atoms with van der Waals surface area (Å²) in [6.45, 7) is 0. The quantitative estimate of drug-likeness (QED) is 0.402. The molecule has 2 heterocycles. The first-order valence-electron chi connectivity index (χ1n) is 11.2. The van der Waals surface area contributed by atoms with Crippen LogP contribution in [0.5, 0.6) is 11.5 Å². The average Bonchev–Trinajstić information content (AvgIpc) is 3.18. The van der Waals surface area contributed by atoms with Crippen molar-refractivity contribution in [1.82, 2.24) is 0 Å². The van der Waals surface area contributed by atoms with Crippen molar-refractivity contribution < 1.29 is 19.0 Å². The Balaban J connectivity index is 1.66.